The van der Waals surface area contributed by atoms with Crippen LogP contribution in [0.25, 0.3) is 0 Å². The number of nitrogens with two attached hydrogens (primary N) is 1. The van der Waals surface area contributed by atoms with Crippen LogP contribution in [0.5, 0.6) is 0 Å². The van der Waals surface area contributed by atoms with Crippen LogP contribution in [-0.4, -0.2) is 18.8 Å². The summed E-state index contributed by atoms with van der Waals surface area (Å²) in [7, 11) is 0. The Balaban J connectivity index is 1.81. The van der Waals surface area contributed by atoms with E-state index in [0.717, 1.165) is 18.4 Å². The normalized spacial score (nSPS) is 40.0. The standard InChI is InChI=1S/C13H25NO/c1-10-5-7-11(8-6-10)13(14)12-4-2-3-9-15-12/h10-13H,2-9,14H2,1H3. The lowest BCUT2D eigenvalue weighted by molar-refractivity contribution is -0.0166. The van der Waals surface area contributed by atoms with Gasteiger partial charge in [0.1, 0.15) is 0 Å². The predicted octanol–water partition coefficient (Wildman–Crippen LogP) is 2.71. The quantitative estimate of drug-likeness (QED) is 0.762. The summed E-state index contributed by atoms with van der Waals surface area (Å²) in [4.78, 5) is 0. The highest BCUT2D eigenvalue weighted by Crippen LogP contribution is 2.32. The summed E-state index contributed by atoms with van der Waals surface area (Å²) in [6.07, 6.45) is 9.46. The molecule has 2 nitrogen and oxygen atoms in total. The molecular formula is C13H25NO. The Morgan fingerprint density at radius 1 is 1.07 bits per heavy atom. The summed E-state index contributed by atoms with van der Waals surface area (Å²) in [6.45, 7) is 3.29. The molecule has 2 rings (SSSR count). The molecule has 0 aromatic carbocycles. The van der Waals surface area contributed by atoms with Gasteiger partial charge in [-0.3, -0.25) is 0 Å². The lowest BCUT2D eigenvalue weighted by Gasteiger charge is -2.36. The predicted molar refractivity (Wildman–Crippen MR) is 62.7 cm³/mol. The molecule has 0 bridgehead atoms. The molecule has 0 aromatic rings. The van der Waals surface area contributed by atoms with Gasteiger partial charge in [0.05, 0.1) is 6.10 Å². The lowest BCUT2D eigenvalue weighted by Crippen LogP contribution is -2.45. The maximum absolute atomic E-state index is 6.34. The van der Waals surface area contributed by atoms with E-state index >= 15 is 0 Å². The fourth-order valence-electron chi connectivity index (χ4n) is 3.04. The Bertz CT molecular complexity index is 181. The Hall–Kier alpha value is -0.0800. The van der Waals surface area contributed by atoms with Gasteiger partial charge in [-0.1, -0.05) is 19.8 Å². The van der Waals surface area contributed by atoms with Crippen molar-refractivity contribution in [3.05, 3.63) is 0 Å². The molecule has 1 heterocycles. The summed E-state index contributed by atoms with van der Waals surface area (Å²) < 4.78 is 5.79. The molecule has 2 atom stereocenters. The first-order chi connectivity index (χ1) is 7.27. The zero-order chi connectivity index (χ0) is 10.7. The SMILES string of the molecule is CC1CCC(C(N)C2CCCCO2)CC1. The monoisotopic (exact) mass is 211 g/mol. The number of hydrogen-bond donors (Lipinski definition) is 1. The molecule has 2 fully saturated rings. The van der Waals surface area contributed by atoms with Gasteiger partial charge in [0.25, 0.3) is 0 Å². The van der Waals surface area contributed by atoms with Crippen molar-refractivity contribution in [3.63, 3.8) is 0 Å². The maximum Gasteiger partial charge on any atom is 0.0728 e. The van der Waals surface area contributed by atoms with Crippen molar-refractivity contribution < 1.29 is 4.74 Å². The Kier molecular flexibility index (Phi) is 4.04. The van der Waals surface area contributed by atoms with Crippen molar-refractivity contribution in [2.45, 2.75) is 64.0 Å². The second kappa shape index (κ2) is 5.31. The van der Waals surface area contributed by atoms with Gasteiger partial charge in [-0.15, -0.1) is 0 Å². The Morgan fingerprint density at radius 3 is 2.40 bits per heavy atom. The van der Waals surface area contributed by atoms with E-state index in [2.05, 4.69) is 6.92 Å². The molecule has 88 valence electrons. The van der Waals surface area contributed by atoms with E-state index < -0.39 is 0 Å². The molecule has 0 amide bonds. The van der Waals surface area contributed by atoms with Crippen LogP contribution in [0.4, 0.5) is 0 Å². The van der Waals surface area contributed by atoms with E-state index in [1.165, 1.54) is 44.9 Å². The second-order valence-electron chi connectivity index (χ2n) is 5.50. The molecule has 2 unspecified atom stereocenters. The van der Waals surface area contributed by atoms with Crippen LogP contribution in [-0.2, 0) is 4.74 Å². The molecular weight excluding hydrogens is 186 g/mol. The molecule has 1 aliphatic carbocycles. The van der Waals surface area contributed by atoms with Crippen LogP contribution in [0, 0.1) is 11.8 Å². The van der Waals surface area contributed by atoms with Gasteiger partial charge in [0.15, 0.2) is 0 Å². The number of hydrogen-bond acceptors (Lipinski definition) is 2. The minimum absolute atomic E-state index is 0.304. The molecule has 0 radical (unpaired) electrons. The van der Waals surface area contributed by atoms with Crippen LogP contribution in [0.1, 0.15) is 51.9 Å². The lowest BCUT2D eigenvalue weighted by atomic mass is 9.77. The topological polar surface area (TPSA) is 35.2 Å². The number of ether oxygens (including phenoxy) is 1. The first-order valence-corrected chi connectivity index (χ1v) is 6.64. The van der Waals surface area contributed by atoms with E-state index in [0.29, 0.717) is 12.1 Å². The second-order valence-corrected chi connectivity index (χ2v) is 5.50. The Morgan fingerprint density at radius 2 is 1.80 bits per heavy atom. The largest absolute Gasteiger partial charge is 0.377 e. The molecule has 0 spiro atoms. The van der Waals surface area contributed by atoms with E-state index in [1.807, 2.05) is 0 Å². The van der Waals surface area contributed by atoms with Crippen molar-refractivity contribution in [3.8, 4) is 0 Å². The van der Waals surface area contributed by atoms with E-state index in [-0.39, 0.29) is 0 Å². The van der Waals surface area contributed by atoms with Gasteiger partial charge in [0, 0.05) is 12.6 Å². The van der Waals surface area contributed by atoms with E-state index in [1.54, 1.807) is 0 Å². The molecule has 1 saturated carbocycles. The number of rotatable bonds is 2. The zero-order valence-corrected chi connectivity index (χ0v) is 9.95. The summed E-state index contributed by atoms with van der Waals surface area (Å²) >= 11 is 0. The third-order valence-electron chi connectivity index (χ3n) is 4.25. The van der Waals surface area contributed by atoms with E-state index in [9.17, 15) is 0 Å². The highest BCUT2D eigenvalue weighted by atomic mass is 16.5. The van der Waals surface area contributed by atoms with Crippen LogP contribution < -0.4 is 5.73 Å². The van der Waals surface area contributed by atoms with Crippen LogP contribution in [0.2, 0.25) is 0 Å². The average molecular weight is 211 g/mol. The summed E-state index contributed by atoms with van der Waals surface area (Å²) in [6, 6.07) is 0.304. The first kappa shape index (κ1) is 11.4. The minimum Gasteiger partial charge on any atom is -0.377 e. The van der Waals surface area contributed by atoms with Gasteiger partial charge in [0.2, 0.25) is 0 Å². The molecule has 2 heteroatoms. The first-order valence-electron chi connectivity index (χ1n) is 6.64. The Labute approximate surface area is 93.6 Å². The third kappa shape index (κ3) is 2.94. The molecule has 15 heavy (non-hydrogen) atoms. The van der Waals surface area contributed by atoms with Crippen LogP contribution >= 0.6 is 0 Å². The molecule has 0 aromatic heterocycles. The van der Waals surface area contributed by atoms with Gasteiger partial charge in [-0.2, -0.15) is 0 Å². The fraction of sp³-hybridized carbons (Fsp3) is 1.00. The highest BCUT2D eigenvalue weighted by Gasteiger charge is 2.30. The van der Waals surface area contributed by atoms with Crippen molar-refractivity contribution in [2.24, 2.45) is 17.6 Å². The van der Waals surface area contributed by atoms with Crippen LogP contribution in [0.3, 0.4) is 0 Å². The summed E-state index contributed by atoms with van der Waals surface area (Å²) in [5.41, 5.74) is 6.34. The fourth-order valence-corrected chi connectivity index (χ4v) is 3.04. The van der Waals surface area contributed by atoms with Crippen molar-refractivity contribution >= 4 is 0 Å². The molecule has 2 N–H and O–H groups in total. The van der Waals surface area contributed by atoms with Crippen molar-refractivity contribution in [2.75, 3.05) is 6.61 Å². The summed E-state index contributed by atoms with van der Waals surface area (Å²) in [5, 5.41) is 0. The van der Waals surface area contributed by atoms with Gasteiger partial charge in [-0.25, -0.2) is 0 Å². The van der Waals surface area contributed by atoms with Gasteiger partial charge >= 0.3 is 0 Å². The molecule has 1 aliphatic heterocycles. The molecule has 2 aliphatic rings. The maximum atomic E-state index is 6.34. The smallest absolute Gasteiger partial charge is 0.0728 e. The average Bonchev–Trinajstić information content (AvgIpc) is 2.30. The minimum atomic E-state index is 0.304. The van der Waals surface area contributed by atoms with Gasteiger partial charge in [-0.05, 0) is 43.9 Å². The van der Waals surface area contributed by atoms with Crippen LogP contribution in [0.15, 0.2) is 0 Å². The zero-order valence-electron chi connectivity index (χ0n) is 9.95. The van der Waals surface area contributed by atoms with E-state index in [4.69, 9.17) is 10.5 Å². The van der Waals surface area contributed by atoms with Crippen molar-refractivity contribution in [1.29, 1.82) is 0 Å². The highest BCUT2D eigenvalue weighted by molar-refractivity contribution is 4.85. The summed E-state index contributed by atoms with van der Waals surface area (Å²) in [5.74, 6) is 1.64. The van der Waals surface area contributed by atoms with Gasteiger partial charge < -0.3 is 10.5 Å². The van der Waals surface area contributed by atoms with Crippen molar-refractivity contribution in [1.82, 2.24) is 0 Å². The molecule has 1 saturated heterocycles. The third-order valence-corrected chi connectivity index (χ3v) is 4.25.